The van der Waals surface area contributed by atoms with Crippen molar-refractivity contribution >= 4 is 5.97 Å². The largest absolute Gasteiger partial charge is 0.467 e. The molecule has 0 spiro atoms. The standard InChI is InChI=1S/C18H27NO6/c1-17(2,3)25-16(21)19-18(15(20)22-4)12-23-11-14(18)24-10-13-8-6-5-7-9-13/h5-9,14,16,19,21H,10-12H2,1-4H3. The predicted molar refractivity (Wildman–Crippen MR) is 90.6 cm³/mol. The van der Waals surface area contributed by atoms with Crippen molar-refractivity contribution in [3.8, 4) is 0 Å². The van der Waals surface area contributed by atoms with E-state index >= 15 is 0 Å². The number of nitrogens with one attached hydrogen (secondary N) is 1. The van der Waals surface area contributed by atoms with Gasteiger partial charge in [-0.3, -0.25) is 0 Å². The Morgan fingerprint density at radius 2 is 2.08 bits per heavy atom. The number of carbonyl (C=O) groups is 1. The second kappa shape index (κ2) is 8.25. The normalized spacial score (nSPS) is 24.9. The summed E-state index contributed by atoms with van der Waals surface area (Å²) in [4.78, 5) is 12.4. The quantitative estimate of drug-likeness (QED) is 0.562. The maximum atomic E-state index is 12.4. The number of aliphatic hydroxyl groups is 1. The van der Waals surface area contributed by atoms with Crippen LogP contribution < -0.4 is 5.32 Å². The highest BCUT2D eigenvalue weighted by Crippen LogP contribution is 2.26. The lowest BCUT2D eigenvalue weighted by molar-refractivity contribution is -0.204. The molecule has 1 saturated heterocycles. The molecule has 140 valence electrons. The predicted octanol–water partition coefficient (Wildman–Crippen LogP) is 1.19. The Morgan fingerprint density at radius 1 is 1.40 bits per heavy atom. The maximum absolute atomic E-state index is 12.4. The maximum Gasteiger partial charge on any atom is 0.331 e. The smallest absolute Gasteiger partial charge is 0.331 e. The molecular formula is C18H27NO6. The van der Waals surface area contributed by atoms with Gasteiger partial charge >= 0.3 is 5.97 Å². The molecule has 3 unspecified atom stereocenters. The van der Waals surface area contributed by atoms with E-state index in [1.807, 2.05) is 30.3 Å². The second-order valence-electron chi connectivity index (χ2n) is 6.99. The third-order valence-electron chi connectivity index (χ3n) is 3.84. The lowest BCUT2D eigenvalue weighted by Crippen LogP contribution is -2.65. The summed E-state index contributed by atoms with van der Waals surface area (Å²) < 4.78 is 21.7. The van der Waals surface area contributed by atoms with Crippen molar-refractivity contribution in [1.82, 2.24) is 5.32 Å². The molecule has 7 heteroatoms. The minimum atomic E-state index is -1.37. The zero-order valence-corrected chi connectivity index (χ0v) is 15.2. The topological polar surface area (TPSA) is 86.3 Å². The monoisotopic (exact) mass is 353 g/mol. The molecular weight excluding hydrogens is 326 g/mol. The first-order chi connectivity index (χ1) is 11.8. The fraction of sp³-hybridized carbons (Fsp3) is 0.611. The number of methoxy groups -OCH3 is 1. The molecule has 3 atom stereocenters. The molecule has 0 aromatic heterocycles. The molecule has 0 aliphatic carbocycles. The van der Waals surface area contributed by atoms with Crippen LogP contribution in [0.25, 0.3) is 0 Å². The molecule has 1 aromatic carbocycles. The molecule has 1 heterocycles. The van der Waals surface area contributed by atoms with Crippen LogP contribution in [0.3, 0.4) is 0 Å². The summed E-state index contributed by atoms with van der Waals surface area (Å²) in [6, 6.07) is 9.61. The van der Waals surface area contributed by atoms with Gasteiger partial charge < -0.3 is 24.1 Å². The summed E-state index contributed by atoms with van der Waals surface area (Å²) in [5.41, 5.74) is -0.961. The number of rotatable bonds is 7. The number of hydrogen-bond acceptors (Lipinski definition) is 7. The number of hydrogen-bond donors (Lipinski definition) is 2. The van der Waals surface area contributed by atoms with Crippen molar-refractivity contribution in [2.24, 2.45) is 0 Å². The average Bonchev–Trinajstić information content (AvgIpc) is 2.94. The summed E-state index contributed by atoms with van der Waals surface area (Å²) in [6.45, 7) is 5.94. The highest BCUT2D eigenvalue weighted by atomic mass is 16.6. The van der Waals surface area contributed by atoms with Crippen molar-refractivity contribution in [3.63, 3.8) is 0 Å². The van der Waals surface area contributed by atoms with Gasteiger partial charge in [0.1, 0.15) is 6.10 Å². The van der Waals surface area contributed by atoms with Crippen LogP contribution in [0.15, 0.2) is 30.3 Å². The third-order valence-corrected chi connectivity index (χ3v) is 3.84. The van der Waals surface area contributed by atoms with Crippen LogP contribution in [0.2, 0.25) is 0 Å². The van der Waals surface area contributed by atoms with Gasteiger partial charge in [0, 0.05) is 0 Å². The zero-order chi connectivity index (χ0) is 18.5. The van der Waals surface area contributed by atoms with E-state index in [1.165, 1.54) is 7.11 Å². The molecule has 7 nitrogen and oxygen atoms in total. The van der Waals surface area contributed by atoms with Gasteiger partial charge in [0.05, 0.1) is 32.5 Å². The molecule has 1 aliphatic rings. The number of esters is 1. The van der Waals surface area contributed by atoms with E-state index in [2.05, 4.69) is 5.32 Å². The molecule has 0 amide bonds. The minimum absolute atomic E-state index is 0.0176. The van der Waals surface area contributed by atoms with Crippen LogP contribution in [0, 0.1) is 0 Å². The molecule has 2 rings (SSSR count). The Labute approximate surface area is 148 Å². The Bertz CT molecular complexity index is 558. The third kappa shape index (κ3) is 5.23. The van der Waals surface area contributed by atoms with E-state index in [4.69, 9.17) is 18.9 Å². The van der Waals surface area contributed by atoms with Gasteiger partial charge in [0.15, 0.2) is 5.54 Å². The van der Waals surface area contributed by atoms with Gasteiger partial charge in [-0.05, 0) is 26.3 Å². The second-order valence-corrected chi connectivity index (χ2v) is 6.99. The molecule has 0 bridgehead atoms. The first kappa shape index (κ1) is 19.8. The van der Waals surface area contributed by atoms with E-state index in [0.29, 0.717) is 6.61 Å². The van der Waals surface area contributed by atoms with E-state index in [1.54, 1.807) is 20.8 Å². The molecule has 0 radical (unpaired) electrons. The summed E-state index contributed by atoms with van der Waals surface area (Å²) in [6.07, 6.45) is -2.00. The lowest BCUT2D eigenvalue weighted by atomic mass is 9.95. The van der Waals surface area contributed by atoms with E-state index < -0.39 is 29.6 Å². The van der Waals surface area contributed by atoms with E-state index in [0.717, 1.165) is 5.56 Å². The molecule has 2 N–H and O–H groups in total. The van der Waals surface area contributed by atoms with Gasteiger partial charge in [-0.15, -0.1) is 0 Å². The number of ether oxygens (including phenoxy) is 4. The molecule has 25 heavy (non-hydrogen) atoms. The first-order valence-electron chi connectivity index (χ1n) is 8.22. The summed E-state index contributed by atoms with van der Waals surface area (Å²) in [5, 5.41) is 13.0. The number of carbonyl (C=O) groups excluding carboxylic acids is 1. The van der Waals surface area contributed by atoms with Gasteiger partial charge in [-0.2, -0.15) is 0 Å². The Hall–Kier alpha value is -1.51. The van der Waals surface area contributed by atoms with E-state index in [-0.39, 0.29) is 13.2 Å². The van der Waals surface area contributed by atoms with Crippen molar-refractivity contribution in [2.45, 2.75) is 51.0 Å². The van der Waals surface area contributed by atoms with Gasteiger partial charge in [0.25, 0.3) is 0 Å². The van der Waals surface area contributed by atoms with Crippen LogP contribution in [0.5, 0.6) is 0 Å². The fourth-order valence-corrected chi connectivity index (χ4v) is 2.67. The molecule has 0 saturated carbocycles. The number of benzene rings is 1. The zero-order valence-electron chi connectivity index (χ0n) is 15.2. The average molecular weight is 353 g/mol. The van der Waals surface area contributed by atoms with Gasteiger partial charge in [-0.1, -0.05) is 30.3 Å². The highest BCUT2D eigenvalue weighted by molar-refractivity contribution is 5.82. The summed E-state index contributed by atoms with van der Waals surface area (Å²) in [7, 11) is 1.29. The van der Waals surface area contributed by atoms with Crippen molar-refractivity contribution in [1.29, 1.82) is 0 Å². The lowest BCUT2D eigenvalue weighted by Gasteiger charge is -2.35. The Kier molecular flexibility index (Phi) is 6.53. The summed E-state index contributed by atoms with van der Waals surface area (Å²) in [5.74, 6) is -0.570. The minimum Gasteiger partial charge on any atom is -0.467 e. The van der Waals surface area contributed by atoms with Crippen LogP contribution >= 0.6 is 0 Å². The van der Waals surface area contributed by atoms with Crippen molar-refractivity contribution in [3.05, 3.63) is 35.9 Å². The Balaban J connectivity index is 2.11. The van der Waals surface area contributed by atoms with Crippen LogP contribution in [0.4, 0.5) is 0 Å². The molecule has 1 fully saturated rings. The van der Waals surface area contributed by atoms with Crippen LogP contribution in [-0.4, -0.2) is 55.1 Å². The molecule has 1 aromatic rings. The van der Waals surface area contributed by atoms with Crippen LogP contribution in [0.1, 0.15) is 26.3 Å². The molecule has 1 aliphatic heterocycles. The summed E-state index contributed by atoms with van der Waals surface area (Å²) >= 11 is 0. The van der Waals surface area contributed by atoms with Crippen molar-refractivity contribution < 1.29 is 28.8 Å². The van der Waals surface area contributed by atoms with Crippen molar-refractivity contribution in [2.75, 3.05) is 20.3 Å². The van der Waals surface area contributed by atoms with E-state index in [9.17, 15) is 9.90 Å². The van der Waals surface area contributed by atoms with Crippen LogP contribution in [-0.2, 0) is 30.3 Å². The fourth-order valence-electron chi connectivity index (χ4n) is 2.67. The number of aliphatic hydroxyl groups excluding tert-OH is 1. The van der Waals surface area contributed by atoms with Gasteiger partial charge in [0.2, 0.25) is 6.41 Å². The highest BCUT2D eigenvalue weighted by Gasteiger charge is 2.53. The SMILES string of the molecule is COC(=O)C1(NC(O)OC(C)(C)C)COCC1OCc1ccccc1. The van der Waals surface area contributed by atoms with Gasteiger partial charge in [-0.25, -0.2) is 10.1 Å². The Morgan fingerprint density at radius 3 is 2.68 bits per heavy atom. The first-order valence-corrected chi connectivity index (χ1v) is 8.22.